The molecule has 3 aromatic carbocycles. The first-order valence-corrected chi connectivity index (χ1v) is 9.23. The van der Waals surface area contributed by atoms with Crippen molar-refractivity contribution >= 4 is 33.9 Å². The third kappa shape index (κ3) is 5.53. The van der Waals surface area contributed by atoms with E-state index in [4.69, 9.17) is 0 Å². The van der Waals surface area contributed by atoms with Crippen molar-refractivity contribution in [3.05, 3.63) is 77.9 Å². The van der Waals surface area contributed by atoms with Gasteiger partial charge in [0, 0.05) is 24.1 Å². The Morgan fingerprint density at radius 3 is 2.27 bits per heavy atom. The number of hydrogen-bond acceptors (Lipinski definition) is 3. The molecule has 7 heteroatoms. The first-order valence-electron chi connectivity index (χ1n) is 9.23. The molecule has 0 saturated carbocycles. The molecule has 0 aliphatic rings. The zero-order valence-corrected chi connectivity index (χ0v) is 15.8. The van der Waals surface area contributed by atoms with Gasteiger partial charge in [-0.1, -0.05) is 42.5 Å². The summed E-state index contributed by atoms with van der Waals surface area (Å²) in [7, 11) is 0. The number of carbonyl (C=O) groups excluding carboxylic acids is 3. The molecule has 30 heavy (non-hydrogen) atoms. The van der Waals surface area contributed by atoms with E-state index in [9.17, 15) is 27.6 Å². The highest BCUT2D eigenvalue weighted by atomic mass is 19.4. The molecule has 0 bridgehead atoms. The highest BCUT2D eigenvalue weighted by Crippen LogP contribution is 2.30. The number of anilines is 1. The lowest BCUT2D eigenvalue weighted by atomic mass is 10.0. The summed E-state index contributed by atoms with van der Waals surface area (Å²) < 4.78 is 38.2. The van der Waals surface area contributed by atoms with E-state index in [1.807, 2.05) is 24.3 Å². The molecule has 3 aromatic rings. The lowest BCUT2D eigenvalue weighted by molar-refractivity contribution is -0.137. The molecule has 0 atom stereocenters. The maximum Gasteiger partial charge on any atom is 0.416 e. The van der Waals surface area contributed by atoms with E-state index in [0.717, 1.165) is 22.9 Å². The number of nitrogens with one attached hydrogen (secondary N) is 1. The van der Waals surface area contributed by atoms with Gasteiger partial charge in [-0.25, -0.2) is 0 Å². The Kier molecular flexibility index (Phi) is 6.30. The van der Waals surface area contributed by atoms with Crippen molar-refractivity contribution in [2.75, 3.05) is 5.32 Å². The molecule has 0 saturated heterocycles. The number of halogens is 3. The Balaban J connectivity index is 1.52. The number of ketones is 2. The van der Waals surface area contributed by atoms with Gasteiger partial charge in [0.05, 0.1) is 12.0 Å². The number of benzene rings is 3. The van der Waals surface area contributed by atoms with Crippen LogP contribution in [0.4, 0.5) is 18.9 Å². The number of hydrogen-bond donors (Lipinski definition) is 1. The van der Waals surface area contributed by atoms with E-state index >= 15 is 0 Å². The van der Waals surface area contributed by atoms with Gasteiger partial charge in [-0.3, -0.25) is 14.4 Å². The van der Waals surface area contributed by atoms with E-state index in [2.05, 4.69) is 5.32 Å². The number of carbonyl (C=O) groups is 3. The molecule has 1 amide bonds. The Labute approximate surface area is 170 Å². The average Bonchev–Trinajstić information content (AvgIpc) is 2.71. The van der Waals surface area contributed by atoms with Gasteiger partial charge >= 0.3 is 6.18 Å². The summed E-state index contributed by atoms with van der Waals surface area (Å²) in [6.07, 6.45) is -5.25. The van der Waals surface area contributed by atoms with Crippen molar-refractivity contribution in [1.82, 2.24) is 0 Å². The topological polar surface area (TPSA) is 63.2 Å². The molecule has 0 spiro atoms. The third-order valence-electron chi connectivity index (χ3n) is 4.53. The van der Waals surface area contributed by atoms with E-state index in [1.54, 1.807) is 18.2 Å². The molecule has 1 N–H and O–H groups in total. The molecule has 3 rings (SSSR count). The van der Waals surface area contributed by atoms with Gasteiger partial charge in [-0.2, -0.15) is 13.2 Å². The lowest BCUT2D eigenvalue weighted by Gasteiger charge is -2.09. The summed E-state index contributed by atoms with van der Waals surface area (Å²) in [6, 6.07) is 16.9. The van der Waals surface area contributed by atoms with Gasteiger partial charge in [0.25, 0.3) is 0 Å². The Bertz CT molecular complexity index is 1110. The molecule has 0 aliphatic carbocycles. The number of amides is 1. The third-order valence-corrected chi connectivity index (χ3v) is 4.53. The van der Waals surface area contributed by atoms with Crippen LogP contribution < -0.4 is 5.32 Å². The van der Waals surface area contributed by atoms with Crippen LogP contribution in [0, 0.1) is 0 Å². The monoisotopic (exact) mass is 413 g/mol. The predicted molar refractivity (Wildman–Crippen MR) is 107 cm³/mol. The molecule has 0 aromatic heterocycles. The minimum Gasteiger partial charge on any atom is -0.326 e. The SMILES string of the molecule is O=C(CCC(=O)Nc1cccc(C(F)(F)F)c1)CC(=O)c1ccc2ccccc2c1. The smallest absolute Gasteiger partial charge is 0.326 e. The van der Waals surface area contributed by atoms with Crippen LogP contribution >= 0.6 is 0 Å². The van der Waals surface area contributed by atoms with E-state index in [-0.39, 0.29) is 30.7 Å². The van der Waals surface area contributed by atoms with Crippen LogP contribution in [0.3, 0.4) is 0 Å². The van der Waals surface area contributed by atoms with Crippen LogP contribution in [0.5, 0.6) is 0 Å². The highest BCUT2D eigenvalue weighted by molar-refractivity contribution is 6.10. The Hall–Kier alpha value is -3.48. The van der Waals surface area contributed by atoms with Gasteiger partial charge < -0.3 is 5.32 Å². The first-order chi connectivity index (χ1) is 14.2. The number of fused-ring (bicyclic) bond motifs is 1. The van der Waals surface area contributed by atoms with Crippen LogP contribution in [0.15, 0.2) is 66.7 Å². The van der Waals surface area contributed by atoms with Crippen molar-refractivity contribution in [3.8, 4) is 0 Å². The summed E-state index contributed by atoms with van der Waals surface area (Å²) >= 11 is 0. The normalized spacial score (nSPS) is 11.3. The molecule has 0 radical (unpaired) electrons. The highest BCUT2D eigenvalue weighted by Gasteiger charge is 2.30. The van der Waals surface area contributed by atoms with E-state index in [0.29, 0.717) is 5.56 Å². The molecule has 0 unspecified atom stereocenters. The Morgan fingerprint density at radius 2 is 1.53 bits per heavy atom. The minimum atomic E-state index is -4.51. The van der Waals surface area contributed by atoms with Gasteiger partial charge in [0.1, 0.15) is 5.78 Å². The number of Topliss-reactive ketones (excluding diaryl/α,β-unsaturated/α-hetero) is 2. The summed E-state index contributed by atoms with van der Waals surface area (Å²) in [4.78, 5) is 36.4. The summed E-state index contributed by atoms with van der Waals surface area (Å²) in [5, 5.41) is 4.20. The fourth-order valence-corrected chi connectivity index (χ4v) is 2.98. The molecule has 0 aliphatic heterocycles. The zero-order chi connectivity index (χ0) is 21.7. The molecule has 154 valence electrons. The van der Waals surface area contributed by atoms with Crippen LogP contribution in [0.2, 0.25) is 0 Å². The molecule has 4 nitrogen and oxygen atoms in total. The standard InChI is InChI=1S/C23H18F3NO3/c24-23(25,26)18-6-3-7-19(13-18)27-22(30)11-10-20(28)14-21(29)17-9-8-15-4-1-2-5-16(15)12-17/h1-9,12-13H,10-11,14H2,(H,27,30). The maximum atomic E-state index is 12.7. The van der Waals surface area contributed by atoms with E-state index < -0.39 is 23.4 Å². The lowest BCUT2D eigenvalue weighted by Crippen LogP contribution is -2.15. The van der Waals surface area contributed by atoms with Gasteiger partial charge in [0.2, 0.25) is 5.91 Å². The second kappa shape index (κ2) is 8.90. The fraction of sp³-hybridized carbons (Fsp3) is 0.174. The van der Waals surface area contributed by atoms with Crippen molar-refractivity contribution in [2.45, 2.75) is 25.4 Å². The second-order valence-electron chi connectivity index (χ2n) is 6.83. The Morgan fingerprint density at radius 1 is 0.800 bits per heavy atom. The molecule has 0 heterocycles. The van der Waals surface area contributed by atoms with Crippen LogP contribution in [-0.2, 0) is 15.8 Å². The van der Waals surface area contributed by atoms with Crippen LogP contribution in [0.25, 0.3) is 10.8 Å². The summed E-state index contributed by atoms with van der Waals surface area (Å²) in [5.74, 6) is -1.35. The summed E-state index contributed by atoms with van der Waals surface area (Å²) in [5.41, 5.74) is -0.470. The fourth-order valence-electron chi connectivity index (χ4n) is 2.98. The average molecular weight is 413 g/mol. The van der Waals surface area contributed by atoms with Gasteiger partial charge in [0.15, 0.2) is 5.78 Å². The molecular formula is C23H18F3NO3. The molecule has 0 fully saturated rings. The largest absolute Gasteiger partial charge is 0.416 e. The minimum absolute atomic E-state index is 0.00508. The van der Waals surface area contributed by atoms with Crippen LogP contribution in [0.1, 0.15) is 35.2 Å². The quantitative estimate of drug-likeness (QED) is 0.416. The van der Waals surface area contributed by atoms with Crippen molar-refractivity contribution in [3.63, 3.8) is 0 Å². The number of rotatable bonds is 7. The van der Waals surface area contributed by atoms with Gasteiger partial charge in [-0.05, 0) is 35.0 Å². The second-order valence-corrected chi connectivity index (χ2v) is 6.83. The number of alkyl halides is 3. The van der Waals surface area contributed by atoms with Crippen molar-refractivity contribution in [2.24, 2.45) is 0 Å². The van der Waals surface area contributed by atoms with Crippen molar-refractivity contribution in [1.29, 1.82) is 0 Å². The molecular weight excluding hydrogens is 395 g/mol. The zero-order valence-electron chi connectivity index (χ0n) is 15.8. The summed E-state index contributed by atoms with van der Waals surface area (Å²) in [6.45, 7) is 0. The maximum absolute atomic E-state index is 12.7. The first kappa shape index (κ1) is 21.2. The van der Waals surface area contributed by atoms with Crippen LogP contribution in [-0.4, -0.2) is 17.5 Å². The van der Waals surface area contributed by atoms with Crippen molar-refractivity contribution < 1.29 is 27.6 Å². The van der Waals surface area contributed by atoms with Gasteiger partial charge in [-0.15, -0.1) is 0 Å². The predicted octanol–water partition coefficient (Wildman–Crippen LogP) is 5.42. The van der Waals surface area contributed by atoms with E-state index in [1.165, 1.54) is 12.1 Å².